The van der Waals surface area contributed by atoms with Gasteiger partial charge in [0.2, 0.25) is 0 Å². The van der Waals surface area contributed by atoms with E-state index in [9.17, 15) is 5.26 Å². The molecule has 0 saturated carbocycles. The van der Waals surface area contributed by atoms with E-state index in [1.165, 1.54) is 0 Å². The molecule has 0 fully saturated rings. The maximum Gasteiger partial charge on any atom is 0.136 e. The number of hydrogen-bond acceptors (Lipinski definition) is 2. The molecule has 53 heavy (non-hydrogen) atoms. The van der Waals surface area contributed by atoms with Crippen LogP contribution < -0.4 is 0 Å². The third-order valence-electron chi connectivity index (χ3n) is 10.4. The van der Waals surface area contributed by atoms with E-state index >= 15 is 0 Å². The first-order chi connectivity index (χ1) is 28.3. The number of furan rings is 1. The third kappa shape index (κ3) is 4.41. The van der Waals surface area contributed by atoms with Gasteiger partial charge in [-0.15, -0.1) is 0 Å². The van der Waals surface area contributed by atoms with Crippen LogP contribution >= 0.6 is 0 Å². The van der Waals surface area contributed by atoms with Gasteiger partial charge in [0, 0.05) is 43.7 Å². The average Bonchev–Trinajstić information content (AvgIpc) is 3.92. The summed E-state index contributed by atoms with van der Waals surface area (Å²) in [6.07, 6.45) is 0. The third-order valence-corrected chi connectivity index (χ3v) is 10.4. The number of aromatic nitrogens is 2. The molecule has 11 aromatic rings. The average molecular weight is 681 g/mol. The lowest BCUT2D eigenvalue weighted by Gasteiger charge is -2.10. The maximum absolute atomic E-state index is 9.38. The number of nitrogens with zero attached hydrogens (tertiary/aromatic N) is 3. The lowest BCUT2D eigenvalue weighted by atomic mass is 9.99. The minimum atomic E-state index is -0.423. The molecule has 0 atom stereocenters. The zero-order valence-corrected chi connectivity index (χ0v) is 28.1. The van der Waals surface area contributed by atoms with E-state index in [2.05, 4.69) is 100 Å². The van der Waals surface area contributed by atoms with Gasteiger partial charge in [0.15, 0.2) is 0 Å². The number of rotatable bonds is 4. The highest BCUT2D eigenvalue weighted by Crippen LogP contribution is 2.41. The zero-order chi connectivity index (χ0) is 39.4. The highest BCUT2D eigenvalue weighted by molar-refractivity contribution is 6.15. The summed E-state index contributed by atoms with van der Waals surface area (Å²) >= 11 is 0. The first kappa shape index (κ1) is 24.7. The van der Waals surface area contributed by atoms with Crippen LogP contribution in [-0.2, 0) is 0 Å². The van der Waals surface area contributed by atoms with Crippen molar-refractivity contribution in [1.29, 1.82) is 5.26 Å². The summed E-state index contributed by atoms with van der Waals surface area (Å²) in [5.41, 5.74) is 10.8. The summed E-state index contributed by atoms with van der Waals surface area (Å²) in [5, 5.41) is 15.4. The fourth-order valence-corrected chi connectivity index (χ4v) is 8.09. The van der Waals surface area contributed by atoms with Gasteiger partial charge in [0.25, 0.3) is 0 Å². The van der Waals surface area contributed by atoms with Crippen molar-refractivity contribution in [3.8, 4) is 39.7 Å². The lowest BCUT2D eigenvalue weighted by molar-refractivity contribution is 0.669. The monoisotopic (exact) mass is 680 g/mol. The predicted octanol–water partition coefficient (Wildman–Crippen LogP) is 13.0. The normalized spacial score (nSPS) is 13.1. The number of nitriles is 1. The first-order valence-electron chi connectivity index (χ1n) is 19.9. The lowest BCUT2D eigenvalue weighted by Crippen LogP contribution is -1.94. The molecule has 0 bridgehead atoms. The molecule has 246 valence electrons. The standard InChI is InChI=1S/C49H29N3O/c50-30-31-17-21-35(22-18-31)51-43-14-6-4-11-38(43)40-27-33(19-24-45(40)51)34-20-25-46-41(28-34)39-12-5-7-15-44(39)52(46)36-23-26-47-42(29-36)49-37(13-8-16-48(49)53-47)32-9-2-1-3-10-32/h1-29H/i1D,2D,3D,9D,10D. The molecule has 3 aromatic heterocycles. The van der Waals surface area contributed by atoms with Gasteiger partial charge in [-0.05, 0) is 107 Å². The van der Waals surface area contributed by atoms with E-state index in [4.69, 9.17) is 11.3 Å². The molecule has 8 aromatic carbocycles. The summed E-state index contributed by atoms with van der Waals surface area (Å²) in [7, 11) is 0. The zero-order valence-electron chi connectivity index (χ0n) is 33.1. The highest BCUT2D eigenvalue weighted by Gasteiger charge is 2.18. The number of fused-ring (bicyclic) bond motifs is 9. The van der Waals surface area contributed by atoms with Crippen LogP contribution in [0.2, 0.25) is 0 Å². The van der Waals surface area contributed by atoms with Gasteiger partial charge in [-0.2, -0.15) is 5.26 Å². The molecule has 0 spiro atoms. The van der Waals surface area contributed by atoms with Crippen LogP contribution in [0.5, 0.6) is 0 Å². The van der Waals surface area contributed by atoms with E-state index in [0.717, 1.165) is 71.5 Å². The van der Waals surface area contributed by atoms with Crippen LogP contribution in [0.1, 0.15) is 12.4 Å². The topological polar surface area (TPSA) is 46.8 Å². The molecular formula is C49H29N3O. The Morgan fingerprint density at radius 3 is 1.74 bits per heavy atom. The van der Waals surface area contributed by atoms with E-state index in [-0.39, 0.29) is 29.7 Å². The van der Waals surface area contributed by atoms with Crippen molar-refractivity contribution in [1.82, 2.24) is 9.13 Å². The summed E-state index contributed by atoms with van der Waals surface area (Å²) in [6.45, 7) is 0. The molecule has 3 heterocycles. The predicted molar refractivity (Wildman–Crippen MR) is 218 cm³/mol. The minimum Gasteiger partial charge on any atom is -0.456 e. The fourth-order valence-electron chi connectivity index (χ4n) is 8.09. The first-order valence-corrected chi connectivity index (χ1v) is 17.4. The highest BCUT2D eigenvalue weighted by atomic mass is 16.3. The van der Waals surface area contributed by atoms with E-state index in [1.54, 1.807) is 12.1 Å². The Hall–Kier alpha value is -7.35. The van der Waals surface area contributed by atoms with Crippen molar-refractivity contribution in [2.45, 2.75) is 0 Å². The second-order valence-corrected chi connectivity index (χ2v) is 13.3. The van der Waals surface area contributed by atoms with Crippen molar-refractivity contribution < 1.29 is 11.3 Å². The van der Waals surface area contributed by atoms with E-state index in [0.29, 0.717) is 27.7 Å². The van der Waals surface area contributed by atoms with Gasteiger partial charge in [0.1, 0.15) is 11.2 Å². The van der Waals surface area contributed by atoms with Gasteiger partial charge in [-0.1, -0.05) is 90.9 Å². The van der Waals surface area contributed by atoms with Gasteiger partial charge < -0.3 is 13.6 Å². The Balaban J connectivity index is 1.08. The molecule has 11 rings (SSSR count). The van der Waals surface area contributed by atoms with Crippen molar-refractivity contribution in [2.24, 2.45) is 0 Å². The summed E-state index contributed by atoms with van der Waals surface area (Å²) < 4.78 is 53.1. The fraction of sp³-hybridized carbons (Fsp3) is 0. The number of para-hydroxylation sites is 2. The molecule has 0 saturated heterocycles. The van der Waals surface area contributed by atoms with Gasteiger partial charge >= 0.3 is 0 Å². The second-order valence-electron chi connectivity index (χ2n) is 13.3. The largest absolute Gasteiger partial charge is 0.456 e. The van der Waals surface area contributed by atoms with Gasteiger partial charge in [-0.3, -0.25) is 0 Å². The van der Waals surface area contributed by atoms with E-state index in [1.807, 2.05) is 48.5 Å². The Labute approximate surface area is 311 Å². The van der Waals surface area contributed by atoms with Crippen molar-refractivity contribution in [2.75, 3.05) is 0 Å². The molecular weight excluding hydrogens is 647 g/mol. The minimum absolute atomic E-state index is 0.145. The molecule has 0 amide bonds. The number of benzene rings is 8. The SMILES string of the molecule is [2H]c1c([2H])c([2H])c(-c2cccc3oc4ccc(-n5c6ccccc6c6cc(-c7ccc8c(c7)c7ccccc7n8-c7ccc(C#N)cc7)ccc65)cc4c23)c([2H])c1[2H]. The van der Waals surface area contributed by atoms with Crippen LogP contribution in [0.15, 0.2) is 180 Å². The van der Waals surface area contributed by atoms with Crippen LogP contribution in [-0.4, -0.2) is 9.13 Å². The van der Waals surface area contributed by atoms with E-state index < -0.39 is 6.04 Å². The maximum atomic E-state index is 9.38. The summed E-state index contributed by atoms with van der Waals surface area (Å²) in [6, 6.07) is 49.7. The van der Waals surface area contributed by atoms with Crippen molar-refractivity contribution in [3.63, 3.8) is 0 Å². The van der Waals surface area contributed by atoms with Crippen LogP contribution in [0.25, 0.3) is 99.2 Å². The summed E-state index contributed by atoms with van der Waals surface area (Å²) in [4.78, 5) is 0. The second kappa shape index (κ2) is 11.3. The van der Waals surface area contributed by atoms with Crippen LogP contribution in [0.3, 0.4) is 0 Å². The molecule has 0 unspecified atom stereocenters. The van der Waals surface area contributed by atoms with Crippen molar-refractivity contribution in [3.05, 3.63) is 181 Å². The summed E-state index contributed by atoms with van der Waals surface area (Å²) in [5.74, 6) is 0. The van der Waals surface area contributed by atoms with Crippen molar-refractivity contribution >= 4 is 65.6 Å². The van der Waals surface area contributed by atoms with Gasteiger partial charge in [-0.25, -0.2) is 0 Å². The Kier molecular flexibility index (Phi) is 5.29. The Morgan fingerprint density at radius 1 is 0.472 bits per heavy atom. The molecule has 4 nitrogen and oxygen atoms in total. The van der Waals surface area contributed by atoms with Crippen LogP contribution in [0, 0.1) is 11.3 Å². The molecule has 0 aliphatic heterocycles. The molecule has 0 aliphatic carbocycles. The smallest absolute Gasteiger partial charge is 0.136 e. The molecule has 4 heteroatoms. The molecule has 0 aliphatic rings. The Morgan fingerprint density at radius 2 is 1.08 bits per heavy atom. The Bertz CT molecular complexity index is 3560. The molecule has 0 radical (unpaired) electrons. The van der Waals surface area contributed by atoms with Crippen LogP contribution in [0.4, 0.5) is 0 Å². The molecule has 0 N–H and O–H groups in total. The quantitative estimate of drug-likeness (QED) is 0.186. The van der Waals surface area contributed by atoms with Gasteiger partial charge in [0.05, 0.1) is 40.6 Å². The number of hydrogen-bond donors (Lipinski definition) is 0.